The largest absolute Gasteiger partial charge is 0.478 e. The Labute approximate surface area is 165 Å². The van der Waals surface area contributed by atoms with Gasteiger partial charge in [-0.15, -0.1) is 0 Å². The number of nitro groups is 1. The van der Waals surface area contributed by atoms with Crippen LogP contribution in [0.5, 0.6) is 11.5 Å². The molecular formula is C20H20F3NO5. The average Bonchev–Trinajstić information content (AvgIpc) is 2.61. The highest BCUT2D eigenvalue weighted by Gasteiger charge is 2.34. The topological polar surface area (TPSA) is 89.7 Å². The Bertz CT molecular complexity index is 967. The minimum absolute atomic E-state index is 0.156. The molecule has 0 saturated carbocycles. The van der Waals surface area contributed by atoms with Crippen molar-refractivity contribution in [1.29, 1.82) is 0 Å². The Morgan fingerprint density at radius 1 is 1.17 bits per heavy atom. The Morgan fingerprint density at radius 3 is 2.28 bits per heavy atom. The fourth-order valence-electron chi connectivity index (χ4n) is 2.70. The van der Waals surface area contributed by atoms with E-state index >= 15 is 0 Å². The number of nitrogens with zero attached hydrogens (tertiary/aromatic N) is 1. The number of carboxylic acid groups (broad SMARTS) is 1. The molecule has 0 saturated heterocycles. The van der Waals surface area contributed by atoms with Gasteiger partial charge in [0.05, 0.1) is 10.5 Å². The molecule has 29 heavy (non-hydrogen) atoms. The molecule has 0 unspecified atom stereocenters. The average molecular weight is 411 g/mol. The molecule has 0 bridgehead atoms. The van der Waals surface area contributed by atoms with E-state index in [4.69, 9.17) is 4.74 Å². The zero-order valence-corrected chi connectivity index (χ0v) is 16.3. The SMILES string of the molecule is CCC(C)(C)c1cc(C)c(Oc2ccc(C(F)(F)F)cc2[N+](=O)[O-])c(C(=O)O)c1. The molecule has 0 heterocycles. The van der Waals surface area contributed by atoms with Crippen LogP contribution in [0.3, 0.4) is 0 Å². The first-order valence-corrected chi connectivity index (χ1v) is 8.70. The summed E-state index contributed by atoms with van der Waals surface area (Å²) in [6.45, 7) is 7.40. The van der Waals surface area contributed by atoms with E-state index in [1.807, 2.05) is 20.8 Å². The number of hydrogen-bond acceptors (Lipinski definition) is 4. The maximum Gasteiger partial charge on any atom is 0.416 e. The fourth-order valence-corrected chi connectivity index (χ4v) is 2.70. The van der Waals surface area contributed by atoms with Crippen molar-refractivity contribution in [1.82, 2.24) is 0 Å². The van der Waals surface area contributed by atoms with Crippen LogP contribution in [0.2, 0.25) is 0 Å². The van der Waals surface area contributed by atoms with Gasteiger partial charge in [0.25, 0.3) is 0 Å². The van der Waals surface area contributed by atoms with Crippen LogP contribution in [0.15, 0.2) is 30.3 Å². The summed E-state index contributed by atoms with van der Waals surface area (Å²) in [7, 11) is 0. The van der Waals surface area contributed by atoms with Crippen molar-refractivity contribution in [3.05, 3.63) is 62.7 Å². The van der Waals surface area contributed by atoms with E-state index in [1.165, 1.54) is 6.07 Å². The maximum atomic E-state index is 12.9. The number of carboxylic acids is 1. The number of rotatable bonds is 6. The molecule has 0 aromatic heterocycles. The highest BCUT2D eigenvalue weighted by molar-refractivity contribution is 5.92. The molecule has 0 aliphatic rings. The van der Waals surface area contributed by atoms with Crippen LogP contribution >= 0.6 is 0 Å². The number of aromatic carboxylic acids is 1. The molecule has 1 N–H and O–H groups in total. The van der Waals surface area contributed by atoms with E-state index in [0.717, 1.165) is 18.1 Å². The summed E-state index contributed by atoms with van der Waals surface area (Å²) in [5.41, 5.74) is -1.52. The third-order valence-corrected chi connectivity index (χ3v) is 4.87. The fraction of sp³-hybridized carbons (Fsp3) is 0.350. The van der Waals surface area contributed by atoms with Crippen LogP contribution in [0.1, 0.15) is 54.2 Å². The summed E-state index contributed by atoms with van der Waals surface area (Å²) >= 11 is 0. The molecule has 2 aromatic carbocycles. The van der Waals surface area contributed by atoms with Crippen LogP contribution in [-0.2, 0) is 11.6 Å². The van der Waals surface area contributed by atoms with Gasteiger partial charge in [-0.25, -0.2) is 4.79 Å². The minimum atomic E-state index is -4.77. The number of ether oxygens (including phenoxy) is 1. The second-order valence-corrected chi connectivity index (χ2v) is 7.25. The van der Waals surface area contributed by atoms with Gasteiger partial charge in [-0.05, 0) is 48.1 Å². The Hall–Kier alpha value is -3.10. The molecule has 2 rings (SSSR count). The van der Waals surface area contributed by atoms with Crippen molar-refractivity contribution in [2.24, 2.45) is 0 Å². The minimum Gasteiger partial charge on any atom is -0.478 e. The molecule has 9 heteroatoms. The van der Waals surface area contributed by atoms with Gasteiger partial charge in [0.15, 0.2) is 0 Å². The monoisotopic (exact) mass is 411 g/mol. The molecule has 0 amide bonds. The summed E-state index contributed by atoms with van der Waals surface area (Å²) < 4.78 is 44.1. The second kappa shape index (κ2) is 7.73. The van der Waals surface area contributed by atoms with Crippen LogP contribution in [0.25, 0.3) is 0 Å². The van der Waals surface area contributed by atoms with Gasteiger partial charge in [-0.3, -0.25) is 10.1 Å². The third kappa shape index (κ3) is 4.67. The van der Waals surface area contributed by atoms with Crippen molar-refractivity contribution in [3.8, 4) is 11.5 Å². The molecule has 156 valence electrons. The molecule has 0 atom stereocenters. The number of nitro benzene ring substituents is 1. The number of halogens is 3. The predicted molar refractivity (Wildman–Crippen MR) is 99.6 cm³/mol. The maximum absolute atomic E-state index is 12.9. The highest BCUT2D eigenvalue weighted by atomic mass is 19.4. The standard InChI is InChI=1S/C20H20F3NO5/c1-5-19(3,4)13-8-11(2)17(14(9-13)18(25)26)29-16-7-6-12(20(21,22)23)10-15(16)24(27)28/h6-10H,5H2,1-4H3,(H,25,26). The number of benzene rings is 2. The van der Waals surface area contributed by atoms with Crippen molar-refractivity contribution < 1.29 is 32.7 Å². The molecule has 0 aliphatic heterocycles. The lowest BCUT2D eigenvalue weighted by atomic mass is 9.80. The van der Waals surface area contributed by atoms with E-state index in [1.54, 1.807) is 13.0 Å². The molecule has 6 nitrogen and oxygen atoms in total. The van der Waals surface area contributed by atoms with Crippen LogP contribution < -0.4 is 4.74 Å². The van der Waals surface area contributed by atoms with Crippen molar-refractivity contribution in [2.75, 3.05) is 0 Å². The molecule has 0 radical (unpaired) electrons. The van der Waals surface area contributed by atoms with Crippen molar-refractivity contribution in [2.45, 2.75) is 45.7 Å². The molecular weight excluding hydrogens is 391 g/mol. The van der Waals surface area contributed by atoms with Gasteiger partial charge in [-0.1, -0.05) is 26.8 Å². The van der Waals surface area contributed by atoms with Gasteiger partial charge < -0.3 is 9.84 Å². The van der Waals surface area contributed by atoms with Gasteiger partial charge in [0.2, 0.25) is 5.75 Å². The van der Waals surface area contributed by atoms with E-state index in [2.05, 4.69) is 0 Å². The lowest BCUT2D eigenvalue weighted by molar-refractivity contribution is -0.385. The summed E-state index contributed by atoms with van der Waals surface area (Å²) in [5, 5.41) is 20.9. The van der Waals surface area contributed by atoms with Crippen LogP contribution in [-0.4, -0.2) is 16.0 Å². The Morgan fingerprint density at radius 2 is 1.79 bits per heavy atom. The van der Waals surface area contributed by atoms with Crippen molar-refractivity contribution >= 4 is 11.7 Å². The van der Waals surface area contributed by atoms with Gasteiger partial charge in [0.1, 0.15) is 11.3 Å². The van der Waals surface area contributed by atoms with Crippen LogP contribution in [0.4, 0.5) is 18.9 Å². The Kier molecular flexibility index (Phi) is 5.91. The van der Waals surface area contributed by atoms with E-state index < -0.39 is 34.1 Å². The van der Waals surface area contributed by atoms with E-state index in [-0.39, 0.29) is 16.7 Å². The molecule has 0 aliphatic carbocycles. The number of hydrogen-bond donors (Lipinski definition) is 1. The van der Waals surface area contributed by atoms with Crippen LogP contribution in [0, 0.1) is 17.0 Å². The lowest BCUT2D eigenvalue weighted by Crippen LogP contribution is -2.17. The molecule has 2 aromatic rings. The quantitative estimate of drug-likeness (QED) is 0.458. The van der Waals surface area contributed by atoms with Crippen molar-refractivity contribution in [3.63, 3.8) is 0 Å². The van der Waals surface area contributed by atoms with E-state index in [9.17, 15) is 33.2 Å². The van der Waals surface area contributed by atoms with Gasteiger partial charge in [0, 0.05) is 6.07 Å². The summed E-state index contributed by atoms with van der Waals surface area (Å²) in [6, 6.07) is 4.95. The normalized spacial score (nSPS) is 12.0. The molecule has 0 spiro atoms. The predicted octanol–water partition coefficient (Wildman–Crippen LogP) is 6.10. The smallest absolute Gasteiger partial charge is 0.416 e. The summed E-state index contributed by atoms with van der Waals surface area (Å²) in [5.74, 6) is -1.95. The first kappa shape index (κ1) is 22.2. The number of carbonyl (C=O) groups is 1. The summed E-state index contributed by atoms with van der Waals surface area (Å²) in [4.78, 5) is 22.0. The summed E-state index contributed by atoms with van der Waals surface area (Å²) in [6.07, 6.45) is -4.03. The number of aryl methyl sites for hydroxylation is 1. The Balaban J connectivity index is 2.62. The highest BCUT2D eigenvalue weighted by Crippen LogP contribution is 2.40. The zero-order valence-electron chi connectivity index (χ0n) is 16.3. The third-order valence-electron chi connectivity index (χ3n) is 4.87. The zero-order chi connectivity index (χ0) is 22.1. The first-order chi connectivity index (χ1) is 13.3. The first-order valence-electron chi connectivity index (χ1n) is 8.70. The number of alkyl halides is 3. The second-order valence-electron chi connectivity index (χ2n) is 7.25. The van der Waals surface area contributed by atoms with E-state index in [0.29, 0.717) is 17.7 Å². The van der Waals surface area contributed by atoms with Gasteiger partial charge in [-0.2, -0.15) is 13.2 Å². The van der Waals surface area contributed by atoms with Gasteiger partial charge >= 0.3 is 17.8 Å². The lowest BCUT2D eigenvalue weighted by Gasteiger charge is -2.25. The molecule has 0 fully saturated rings.